The third kappa shape index (κ3) is 3.23. The average molecular weight is 272 g/mol. The van der Waals surface area contributed by atoms with Crippen LogP contribution in [0.25, 0.3) is 12.2 Å². The molecular formula is C16H13FO3. The lowest BCUT2D eigenvalue weighted by Gasteiger charge is -2.02. The first-order valence-electron chi connectivity index (χ1n) is 5.95. The molecule has 4 heteroatoms. The number of ether oxygens (including phenoxy) is 1. The van der Waals surface area contributed by atoms with E-state index in [1.165, 1.54) is 12.1 Å². The number of benzene rings is 2. The summed E-state index contributed by atoms with van der Waals surface area (Å²) in [5.41, 5.74) is 1.25. The molecule has 1 N–H and O–H groups in total. The maximum absolute atomic E-state index is 13.1. The maximum Gasteiger partial charge on any atom is 0.336 e. The predicted octanol–water partition coefficient (Wildman–Crippen LogP) is 3.70. The van der Waals surface area contributed by atoms with Crippen molar-refractivity contribution in [2.75, 3.05) is 7.11 Å². The quantitative estimate of drug-likeness (QED) is 0.863. The summed E-state index contributed by atoms with van der Waals surface area (Å²) in [5.74, 6) is -1.01. The fraction of sp³-hybridized carbons (Fsp3) is 0.0625. The molecule has 20 heavy (non-hydrogen) atoms. The van der Waals surface area contributed by atoms with Crippen molar-refractivity contribution >= 4 is 18.1 Å². The molecule has 3 nitrogen and oxygen atoms in total. The van der Waals surface area contributed by atoms with Crippen LogP contribution in [0.1, 0.15) is 21.5 Å². The second kappa shape index (κ2) is 6.02. The third-order valence-corrected chi connectivity index (χ3v) is 2.79. The van der Waals surface area contributed by atoms with E-state index in [0.29, 0.717) is 11.3 Å². The van der Waals surface area contributed by atoms with Gasteiger partial charge in [0.25, 0.3) is 0 Å². The molecule has 0 amide bonds. The fourth-order valence-electron chi connectivity index (χ4n) is 1.79. The molecule has 0 aromatic heterocycles. The SMILES string of the molecule is COc1cccc(/C=C/c2ccc(F)cc2C(=O)O)c1. The van der Waals surface area contributed by atoms with Gasteiger partial charge in [0.05, 0.1) is 12.7 Å². The van der Waals surface area contributed by atoms with Crippen LogP contribution in [0.5, 0.6) is 5.75 Å². The topological polar surface area (TPSA) is 46.5 Å². The molecule has 0 saturated heterocycles. The van der Waals surface area contributed by atoms with Crippen LogP contribution < -0.4 is 4.74 Å². The van der Waals surface area contributed by atoms with Crippen molar-refractivity contribution in [3.63, 3.8) is 0 Å². The van der Waals surface area contributed by atoms with Crippen LogP contribution in [0.2, 0.25) is 0 Å². The van der Waals surface area contributed by atoms with E-state index < -0.39 is 11.8 Å². The van der Waals surface area contributed by atoms with E-state index in [1.54, 1.807) is 19.3 Å². The van der Waals surface area contributed by atoms with Crippen LogP contribution in [-0.4, -0.2) is 18.2 Å². The standard InChI is InChI=1S/C16H13FO3/c1-20-14-4-2-3-11(9-14)5-6-12-7-8-13(17)10-15(12)16(18)19/h2-10H,1H3,(H,18,19)/b6-5+. The van der Waals surface area contributed by atoms with Gasteiger partial charge in [0.2, 0.25) is 0 Å². The fourth-order valence-corrected chi connectivity index (χ4v) is 1.79. The Morgan fingerprint density at radius 2 is 2.00 bits per heavy atom. The summed E-state index contributed by atoms with van der Waals surface area (Å²) in [5, 5.41) is 9.05. The van der Waals surface area contributed by atoms with E-state index in [2.05, 4.69) is 0 Å². The summed E-state index contributed by atoms with van der Waals surface area (Å²) >= 11 is 0. The number of carbonyl (C=O) groups is 1. The number of rotatable bonds is 4. The number of hydrogen-bond acceptors (Lipinski definition) is 2. The normalized spacial score (nSPS) is 10.7. The lowest BCUT2D eigenvalue weighted by Crippen LogP contribution is -2.00. The van der Waals surface area contributed by atoms with E-state index in [-0.39, 0.29) is 5.56 Å². The van der Waals surface area contributed by atoms with Crippen molar-refractivity contribution < 1.29 is 19.0 Å². The minimum Gasteiger partial charge on any atom is -0.497 e. The zero-order valence-corrected chi connectivity index (χ0v) is 10.8. The van der Waals surface area contributed by atoms with Gasteiger partial charge in [0.1, 0.15) is 11.6 Å². The summed E-state index contributed by atoms with van der Waals surface area (Å²) in [4.78, 5) is 11.1. The number of aromatic carboxylic acids is 1. The second-order valence-corrected chi connectivity index (χ2v) is 4.15. The van der Waals surface area contributed by atoms with Crippen LogP contribution in [0.4, 0.5) is 4.39 Å². The molecular weight excluding hydrogens is 259 g/mol. The number of carboxylic acid groups (broad SMARTS) is 1. The Kier molecular flexibility index (Phi) is 4.15. The monoisotopic (exact) mass is 272 g/mol. The molecule has 0 spiro atoms. The highest BCUT2D eigenvalue weighted by Crippen LogP contribution is 2.18. The Morgan fingerprint density at radius 1 is 1.20 bits per heavy atom. The Hall–Kier alpha value is -2.62. The molecule has 2 aromatic rings. The maximum atomic E-state index is 13.1. The first kappa shape index (κ1) is 13.8. The zero-order chi connectivity index (χ0) is 14.5. The summed E-state index contributed by atoms with van der Waals surface area (Å²) < 4.78 is 18.2. The van der Waals surface area contributed by atoms with Crippen molar-refractivity contribution in [1.29, 1.82) is 0 Å². The molecule has 0 atom stereocenters. The van der Waals surface area contributed by atoms with Crippen molar-refractivity contribution in [2.24, 2.45) is 0 Å². The van der Waals surface area contributed by atoms with E-state index in [9.17, 15) is 9.18 Å². The Balaban J connectivity index is 2.33. The van der Waals surface area contributed by atoms with E-state index in [0.717, 1.165) is 11.6 Å². The van der Waals surface area contributed by atoms with Gasteiger partial charge in [-0.05, 0) is 35.4 Å². The minimum atomic E-state index is -1.16. The number of halogens is 1. The molecule has 0 saturated carbocycles. The van der Waals surface area contributed by atoms with Gasteiger partial charge in [-0.1, -0.05) is 30.4 Å². The molecule has 0 bridgehead atoms. The van der Waals surface area contributed by atoms with Crippen molar-refractivity contribution in [2.45, 2.75) is 0 Å². The molecule has 0 fully saturated rings. The highest BCUT2D eigenvalue weighted by molar-refractivity contribution is 5.93. The Morgan fingerprint density at radius 3 is 2.70 bits per heavy atom. The summed E-state index contributed by atoms with van der Waals surface area (Å²) in [6, 6.07) is 11.0. The van der Waals surface area contributed by atoms with Crippen LogP contribution in [-0.2, 0) is 0 Å². The van der Waals surface area contributed by atoms with Crippen LogP contribution in [0.3, 0.4) is 0 Å². The van der Waals surface area contributed by atoms with Crippen molar-refractivity contribution in [1.82, 2.24) is 0 Å². The molecule has 0 aliphatic carbocycles. The van der Waals surface area contributed by atoms with Crippen LogP contribution in [0, 0.1) is 5.82 Å². The smallest absolute Gasteiger partial charge is 0.336 e. The highest BCUT2D eigenvalue weighted by Gasteiger charge is 2.08. The molecule has 0 aliphatic rings. The Labute approximate surface area is 115 Å². The van der Waals surface area contributed by atoms with E-state index >= 15 is 0 Å². The lowest BCUT2D eigenvalue weighted by molar-refractivity contribution is 0.0696. The van der Waals surface area contributed by atoms with E-state index in [1.807, 2.05) is 24.3 Å². The summed E-state index contributed by atoms with van der Waals surface area (Å²) in [6.45, 7) is 0. The minimum absolute atomic E-state index is 0.0656. The van der Waals surface area contributed by atoms with E-state index in [4.69, 9.17) is 9.84 Å². The molecule has 0 heterocycles. The van der Waals surface area contributed by atoms with Gasteiger partial charge in [-0.25, -0.2) is 9.18 Å². The molecule has 2 aromatic carbocycles. The predicted molar refractivity (Wildman–Crippen MR) is 75.3 cm³/mol. The van der Waals surface area contributed by atoms with Crippen LogP contribution in [0.15, 0.2) is 42.5 Å². The van der Waals surface area contributed by atoms with Gasteiger partial charge in [0, 0.05) is 0 Å². The molecule has 102 valence electrons. The van der Waals surface area contributed by atoms with Gasteiger partial charge < -0.3 is 9.84 Å². The second-order valence-electron chi connectivity index (χ2n) is 4.15. The number of methoxy groups -OCH3 is 1. The third-order valence-electron chi connectivity index (χ3n) is 2.79. The molecule has 0 aliphatic heterocycles. The van der Waals surface area contributed by atoms with Gasteiger partial charge in [-0.15, -0.1) is 0 Å². The van der Waals surface area contributed by atoms with Crippen molar-refractivity contribution in [3.8, 4) is 5.75 Å². The van der Waals surface area contributed by atoms with Gasteiger partial charge in [-0.3, -0.25) is 0 Å². The molecule has 2 rings (SSSR count). The first-order chi connectivity index (χ1) is 9.60. The van der Waals surface area contributed by atoms with Crippen LogP contribution >= 0.6 is 0 Å². The number of hydrogen-bond donors (Lipinski definition) is 1. The first-order valence-corrected chi connectivity index (χ1v) is 5.95. The largest absolute Gasteiger partial charge is 0.497 e. The molecule has 0 unspecified atom stereocenters. The Bertz CT molecular complexity index is 663. The van der Waals surface area contributed by atoms with Gasteiger partial charge in [0.15, 0.2) is 0 Å². The summed E-state index contributed by atoms with van der Waals surface area (Å²) in [6.07, 6.45) is 3.39. The van der Waals surface area contributed by atoms with Gasteiger partial charge in [-0.2, -0.15) is 0 Å². The number of carboxylic acids is 1. The molecule has 0 radical (unpaired) electrons. The van der Waals surface area contributed by atoms with Crippen molar-refractivity contribution in [3.05, 3.63) is 65.0 Å². The van der Waals surface area contributed by atoms with Gasteiger partial charge >= 0.3 is 5.97 Å². The zero-order valence-electron chi connectivity index (χ0n) is 10.8. The average Bonchev–Trinajstić information content (AvgIpc) is 2.46. The highest BCUT2D eigenvalue weighted by atomic mass is 19.1. The lowest BCUT2D eigenvalue weighted by atomic mass is 10.1. The summed E-state index contributed by atoms with van der Waals surface area (Å²) in [7, 11) is 1.57.